The molecule has 0 atom stereocenters. The summed E-state index contributed by atoms with van der Waals surface area (Å²) in [6.07, 6.45) is 5.56. The average molecular weight is 496 g/mol. The summed E-state index contributed by atoms with van der Waals surface area (Å²) < 4.78 is 0. The lowest BCUT2D eigenvalue weighted by atomic mass is 9.72. The van der Waals surface area contributed by atoms with Crippen molar-refractivity contribution in [3.05, 3.63) is 99.8 Å². The molecule has 1 aliphatic rings. The standard InChI is InChI=1S/C28H31Cl2N3O/c29-25-19-23(20-26(30)32-25)27(34)31-21-28(24-12-5-2-6-13-24)14-17-33(18-15-28)16-8-7-11-22-9-3-1-4-10-22/h1-6,9-10,12-13,19-20H,7-8,11,14-18,21H2,(H,31,34). The van der Waals surface area contributed by atoms with E-state index in [9.17, 15) is 4.79 Å². The summed E-state index contributed by atoms with van der Waals surface area (Å²) in [5.41, 5.74) is 3.04. The molecule has 0 spiro atoms. The van der Waals surface area contributed by atoms with E-state index in [4.69, 9.17) is 23.2 Å². The van der Waals surface area contributed by atoms with Crippen LogP contribution in [-0.4, -0.2) is 42.0 Å². The predicted octanol–water partition coefficient (Wildman–Crippen LogP) is 6.17. The highest BCUT2D eigenvalue weighted by atomic mass is 35.5. The Balaban J connectivity index is 1.34. The van der Waals surface area contributed by atoms with Crippen molar-refractivity contribution < 1.29 is 4.79 Å². The monoisotopic (exact) mass is 495 g/mol. The highest BCUT2D eigenvalue weighted by molar-refractivity contribution is 6.33. The van der Waals surface area contributed by atoms with Crippen molar-refractivity contribution in [3.8, 4) is 0 Å². The topological polar surface area (TPSA) is 45.2 Å². The fourth-order valence-electron chi connectivity index (χ4n) is 4.82. The summed E-state index contributed by atoms with van der Waals surface area (Å²) in [5.74, 6) is -0.176. The first-order valence-corrected chi connectivity index (χ1v) is 12.7. The van der Waals surface area contributed by atoms with Crippen LogP contribution >= 0.6 is 23.2 Å². The number of carbonyl (C=O) groups excluding carboxylic acids is 1. The molecule has 6 heteroatoms. The lowest BCUT2D eigenvalue weighted by Crippen LogP contribution is -2.49. The first-order chi connectivity index (χ1) is 16.5. The molecule has 2 aromatic carbocycles. The van der Waals surface area contributed by atoms with Gasteiger partial charge < -0.3 is 10.2 Å². The molecule has 1 amide bonds. The second kappa shape index (κ2) is 11.8. The minimum Gasteiger partial charge on any atom is -0.351 e. The van der Waals surface area contributed by atoms with Crippen LogP contribution in [0.4, 0.5) is 0 Å². The van der Waals surface area contributed by atoms with E-state index in [2.05, 4.69) is 69.8 Å². The van der Waals surface area contributed by atoms with Crippen LogP contribution in [0.1, 0.15) is 47.2 Å². The molecule has 0 unspecified atom stereocenters. The van der Waals surface area contributed by atoms with Gasteiger partial charge in [-0.2, -0.15) is 0 Å². The fraction of sp³-hybridized carbons (Fsp3) is 0.357. The number of nitrogens with zero attached hydrogens (tertiary/aromatic N) is 2. The van der Waals surface area contributed by atoms with E-state index in [1.165, 1.54) is 24.0 Å². The van der Waals surface area contributed by atoms with Crippen molar-refractivity contribution in [2.24, 2.45) is 0 Å². The van der Waals surface area contributed by atoms with Crippen LogP contribution in [-0.2, 0) is 11.8 Å². The Morgan fingerprint density at radius 1 is 0.912 bits per heavy atom. The molecule has 0 radical (unpaired) electrons. The van der Waals surface area contributed by atoms with Crippen LogP contribution in [0.3, 0.4) is 0 Å². The number of hydrogen-bond donors (Lipinski definition) is 1. The van der Waals surface area contributed by atoms with Crippen molar-refractivity contribution in [1.82, 2.24) is 15.2 Å². The molecule has 3 aromatic rings. The Kier molecular flexibility index (Phi) is 8.60. The van der Waals surface area contributed by atoms with Gasteiger partial charge in [0.1, 0.15) is 10.3 Å². The summed E-state index contributed by atoms with van der Waals surface area (Å²) in [7, 11) is 0. The summed E-state index contributed by atoms with van der Waals surface area (Å²) >= 11 is 12.0. The number of hydrogen-bond acceptors (Lipinski definition) is 3. The molecule has 1 N–H and O–H groups in total. The Bertz CT molecular complexity index is 1050. The summed E-state index contributed by atoms with van der Waals surface area (Å²) in [5, 5.41) is 3.58. The minimum absolute atomic E-state index is 0.0852. The van der Waals surface area contributed by atoms with Crippen LogP contribution < -0.4 is 5.32 Å². The highest BCUT2D eigenvalue weighted by Gasteiger charge is 2.36. The maximum Gasteiger partial charge on any atom is 0.251 e. The van der Waals surface area contributed by atoms with Gasteiger partial charge in [-0.25, -0.2) is 4.98 Å². The minimum atomic E-state index is -0.176. The SMILES string of the molecule is O=C(NCC1(c2ccccc2)CCN(CCCCc2ccccc2)CC1)c1cc(Cl)nc(Cl)c1. The van der Waals surface area contributed by atoms with E-state index in [1.807, 2.05) is 6.07 Å². The molecule has 2 heterocycles. The third-order valence-corrected chi connectivity index (χ3v) is 7.23. The van der Waals surface area contributed by atoms with Crippen LogP contribution in [0, 0.1) is 0 Å². The molecule has 0 saturated carbocycles. The van der Waals surface area contributed by atoms with Gasteiger partial charge in [0.2, 0.25) is 0 Å². The van der Waals surface area contributed by atoms with Gasteiger partial charge in [0.05, 0.1) is 0 Å². The second-order valence-corrected chi connectivity index (χ2v) is 9.89. The Labute approximate surface area is 212 Å². The lowest BCUT2D eigenvalue weighted by molar-refractivity contribution is 0.0921. The van der Waals surface area contributed by atoms with E-state index in [0.717, 1.165) is 38.9 Å². The quantitative estimate of drug-likeness (QED) is 0.285. The van der Waals surface area contributed by atoms with Gasteiger partial charge >= 0.3 is 0 Å². The first-order valence-electron chi connectivity index (χ1n) is 12.0. The largest absolute Gasteiger partial charge is 0.351 e. The number of halogens is 2. The zero-order valence-electron chi connectivity index (χ0n) is 19.4. The number of likely N-dealkylation sites (tertiary alicyclic amines) is 1. The number of unbranched alkanes of at least 4 members (excludes halogenated alkanes) is 1. The van der Waals surface area contributed by atoms with Gasteiger partial charge in [-0.1, -0.05) is 83.9 Å². The molecular weight excluding hydrogens is 465 g/mol. The highest BCUT2D eigenvalue weighted by Crippen LogP contribution is 2.35. The lowest BCUT2D eigenvalue weighted by Gasteiger charge is -2.42. The van der Waals surface area contributed by atoms with E-state index < -0.39 is 0 Å². The molecule has 1 fully saturated rings. The Morgan fingerprint density at radius 2 is 1.53 bits per heavy atom. The predicted molar refractivity (Wildman–Crippen MR) is 140 cm³/mol. The number of aryl methyl sites for hydroxylation is 1. The summed E-state index contributed by atoms with van der Waals surface area (Å²) in [6, 6.07) is 24.4. The van der Waals surface area contributed by atoms with E-state index in [0.29, 0.717) is 12.1 Å². The van der Waals surface area contributed by atoms with E-state index >= 15 is 0 Å². The summed E-state index contributed by atoms with van der Waals surface area (Å²) in [6.45, 7) is 3.76. The third kappa shape index (κ3) is 6.59. The molecule has 0 aliphatic carbocycles. The van der Waals surface area contributed by atoms with Gasteiger partial charge in [0, 0.05) is 17.5 Å². The van der Waals surface area contributed by atoms with Crippen LogP contribution in [0.5, 0.6) is 0 Å². The number of nitrogens with one attached hydrogen (secondary N) is 1. The van der Waals surface area contributed by atoms with E-state index in [1.54, 1.807) is 12.1 Å². The maximum atomic E-state index is 12.9. The average Bonchev–Trinajstić information content (AvgIpc) is 2.86. The normalized spacial score (nSPS) is 15.7. The Morgan fingerprint density at radius 3 is 2.18 bits per heavy atom. The molecule has 1 saturated heterocycles. The molecule has 178 valence electrons. The smallest absolute Gasteiger partial charge is 0.251 e. The van der Waals surface area contributed by atoms with Crippen molar-refractivity contribution in [2.75, 3.05) is 26.2 Å². The number of rotatable bonds is 9. The van der Waals surface area contributed by atoms with Crippen LogP contribution in [0.25, 0.3) is 0 Å². The molecule has 0 bridgehead atoms. The number of pyridine rings is 1. The number of aromatic nitrogens is 1. The zero-order chi connectivity index (χ0) is 23.8. The van der Waals surface area contributed by atoms with Crippen LogP contribution in [0.15, 0.2) is 72.8 Å². The number of piperidine rings is 1. The molecule has 4 rings (SSSR count). The third-order valence-electron chi connectivity index (χ3n) is 6.84. The van der Waals surface area contributed by atoms with Crippen molar-refractivity contribution >= 4 is 29.1 Å². The van der Waals surface area contributed by atoms with Crippen molar-refractivity contribution in [2.45, 2.75) is 37.5 Å². The zero-order valence-corrected chi connectivity index (χ0v) is 20.9. The van der Waals surface area contributed by atoms with Gasteiger partial charge in [-0.3, -0.25) is 4.79 Å². The van der Waals surface area contributed by atoms with Gasteiger partial charge in [0.25, 0.3) is 5.91 Å². The first kappa shape index (κ1) is 24.7. The maximum absolute atomic E-state index is 12.9. The Hall–Kier alpha value is -2.40. The van der Waals surface area contributed by atoms with Crippen molar-refractivity contribution in [1.29, 1.82) is 0 Å². The molecule has 34 heavy (non-hydrogen) atoms. The molecule has 1 aromatic heterocycles. The van der Waals surface area contributed by atoms with Crippen molar-refractivity contribution in [3.63, 3.8) is 0 Å². The van der Waals surface area contributed by atoms with Gasteiger partial charge in [0.15, 0.2) is 0 Å². The number of amides is 1. The second-order valence-electron chi connectivity index (χ2n) is 9.11. The summed E-state index contributed by atoms with van der Waals surface area (Å²) in [4.78, 5) is 19.3. The molecule has 1 aliphatic heterocycles. The fourth-order valence-corrected chi connectivity index (χ4v) is 5.28. The molecular formula is C28H31Cl2N3O. The van der Waals surface area contributed by atoms with Gasteiger partial charge in [-0.15, -0.1) is 0 Å². The molecule has 4 nitrogen and oxygen atoms in total. The number of carbonyl (C=O) groups is 1. The van der Waals surface area contributed by atoms with E-state index in [-0.39, 0.29) is 21.6 Å². The number of benzene rings is 2. The van der Waals surface area contributed by atoms with Crippen LogP contribution in [0.2, 0.25) is 10.3 Å². The van der Waals surface area contributed by atoms with Gasteiger partial charge in [-0.05, 0) is 75.0 Å².